The Morgan fingerprint density at radius 1 is 1.43 bits per heavy atom. The quantitative estimate of drug-likeness (QED) is 0.395. The van der Waals surface area contributed by atoms with Crippen molar-refractivity contribution < 1.29 is 14.5 Å². The Hall–Kier alpha value is -2.26. The Kier molecular flexibility index (Phi) is 4.34. The van der Waals surface area contributed by atoms with E-state index < -0.39 is 16.7 Å². The second-order valence-electron chi connectivity index (χ2n) is 4.03. The fraction of sp³-hybridized carbons (Fsp3) is 0.0833. The van der Waals surface area contributed by atoms with Crippen molar-refractivity contribution in [3.63, 3.8) is 0 Å². The van der Waals surface area contributed by atoms with Crippen molar-refractivity contribution in [2.24, 2.45) is 0 Å². The largest absolute Gasteiger partial charge is 0.285 e. The minimum absolute atomic E-state index is 0.0297. The number of nitrogens with one attached hydrogen (secondary N) is 1. The lowest BCUT2D eigenvalue weighted by atomic mass is 10.2. The number of nitrogens with zero attached hydrogens (tertiary/aromatic N) is 2. The van der Waals surface area contributed by atoms with Crippen LogP contribution >= 0.6 is 24.0 Å². The van der Waals surface area contributed by atoms with Gasteiger partial charge in [0.1, 0.15) is 0 Å². The van der Waals surface area contributed by atoms with Gasteiger partial charge in [0, 0.05) is 19.1 Å². The molecular formula is C12H9N3O4S2. The van der Waals surface area contributed by atoms with E-state index in [4.69, 9.17) is 12.2 Å². The first-order chi connectivity index (χ1) is 9.88. The Morgan fingerprint density at radius 3 is 2.57 bits per heavy atom. The summed E-state index contributed by atoms with van der Waals surface area (Å²) in [5, 5.41) is 11.6. The fourth-order valence-corrected chi connectivity index (χ4v) is 2.74. The highest BCUT2D eigenvalue weighted by Crippen LogP contribution is 2.31. The number of nitro benzene ring substituents is 1. The first kappa shape index (κ1) is 15.1. The van der Waals surface area contributed by atoms with Crippen LogP contribution in [0.15, 0.2) is 29.2 Å². The molecule has 1 aromatic rings. The molecule has 21 heavy (non-hydrogen) atoms. The number of hydrazine groups is 1. The number of rotatable bonds is 3. The van der Waals surface area contributed by atoms with Crippen LogP contribution in [-0.2, 0) is 9.59 Å². The molecular weight excluding hydrogens is 314 g/mol. The van der Waals surface area contributed by atoms with Crippen LogP contribution in [-0.4, -0.2) is 26.1 Å². The minimum atomic E-state index is -0.500. The van der Waals surface area contributed by atoms with Crippen LogP contribution in [0.3, 0.4) is 0 Å². The molecule has 0 atom stereocenters. The predicted molar refractivity (Wildman–Crippen MR) is 81.9 cm³/mol. The summed E-state index contributed by atoms with van der Waals surface area (Å²) in [6.07, 6.45) is 1.56. The van der Waals surface area contributed by atoms with E-state index in [9.17, 15) is 19.7 Å². The number of nitro groups is 1. The molecule has 0 unspecified atom stereocenters. The number of hydrogen-bond donors (Lipinski definition) is 1. The van der Waals surface area contributed by atoms with E-state index in [0.29, 0.717) is 10.5 Å². The molecule has 1 heterocycles. The van der Waals surface area contributed by atoms with Gasteiger partial charge >= 0.3 is 0 Å². The number of non-ortho nitro benzene ring substituents is 1. The summed E-state index contributed by atoms with van der Waals surface area (Å²) in [5.41, 5.74) is 2.93. The highest BCUT2D eigenvalue weighted by Gasteiger charge is 2.32. The third kappa shape index (κ3) is 3.44. The zero-order valence-electron chi connectivity index (χ0n) is 10.7. The average molecular weight is 323 g/mol. The molecule has 0 radical (unpaired) electrons. The highest BCUT2D eigenvalue weighted by molar-refractivity contribution is 8.26. The highest BCUT2D eigenvalue weighted by atomic mass is 32.2. The number of thioether (sulfide) groups is 1. The lowest BCUT2D eigenvalue weighted by Gasteiger charge is -2.13. The van der Waals surface area contributed by atoms with Crippen LogP contribution in [0.1, 0.15) is 12.5 Å². The summed E-state index contributed by atoms with van der Waals surface area (Å²) in [5.74, 6) is -0.832. The van der Waals surface area contributed by atoms with E-state index in [0.717, 1.165) is 16.8 Å². The molecule has 0 saturated carbocycles. The van der Waals surface area contributed by atoms with Crippen molar-refractivity contribution in [2.45, 2.75) is 6.92 Å². The Bertz CT molecular complexity index is 670. The maximum atomic E-state index is 12.1. The van der Waals surface area contributed by atoms with E-state index >= 15 is 0 Å². The molecule has 0 aliphatic carbocycles. The van der Waals surface area contributed by atoms with Crippen LogP contribution in [0.2, 0.25) is 0 Å². The molecule has 1 aromatic carbocycles. The first-order valence-corrected chi connectivity index (χ1v) is 6.90. The van der Waals surface area contributed by atoms with Gasteiger partial charge in [-0.1, -0.05) is 11.8 Å². The maximum absolute atomic E-state index is 12.1. The SMILES string of the molecule is CC(=O)NN1C(=O)C(=Cc2ccc([N+](=O)[O-])cc2)SC1=S. The normalized spacial score (nSPS) is 16.4. The summed E-state index contributed by atoms with van der Waals surface area (Å²) in [6.45, 7) is 1.28. The second-order valence-corrected chi connectivity index (χ2v) is 5.71. The molecule has 0 spiro atoms. The van der Waals surface area contributed by atoms with Gasteiger partial charge in [0.15, 0.2) is 4.32 Å². The van der Waals surface area contributed by atoms with Crippen molar-refractivity contribution in [3.05, 3.63) is 44.8 Å². The van der Waals surface area contributed by atoms with Crippen molar-refractivity contribution >= 4 is 51.9 Å². The van der Waals surface area contributed by atoms with E-state index in [1.807, 2.05) is 0 Å². The predicted octanol–water partition coefficient (Wildman–Crippen LogP) is 1.85. The van der Waals surface area contributed by atoms with Crippen molar-refractivity contribution in [3.8, 4) is 0 Å². The molecule has 9 heteroatoms. The van der Waals surface area contributed by atoms with Gasteiger partial charge in [-0.25, -0.2) is 0 Å². The van der Waals surface area contributed by atoms with Gasteiger partial charge in [-0.15, -0.1) is 0 Å². The van der Waals surface area contributed by atoms with Gasteiger partial charge in [0.25, 0.3) is 11.6 Å². The second kappa shape index (κ2) is 6.02. The number of benzene rings is 1. The molecule has 0 aromatic heterocycles. The summed E-state index contributed by atoms with van der Waals surface area (Å²) in [4.78, 5) is 33.5. The smallest absolute Gasteiger partial charge is 0.274 e. The zero-order chi connectivity index (χ0) is 15.6. The van der Waals surface area contributed by atoms with E-state index in [1.165, 1.54) is 31.2 Å². The van der Waals surface area contributed by atoms with Gasteiger partial charge in [-0.2, -0.15) is 5.01 Å². The Morgan fingerprint density at radius 2 is 2.05 bits per heavy atom. The van der Waals surface area contributed by atoms with Crippen molar-refractivity contribution in [2.75, 3.05) is 0 Å². The van der Waals surface area contributed by atoms with Gasteiger partial charge in [0.2, 0.25) is 5.91 Å². The van der Waals surface area contributed by atoms with E-state index in [1.54, 1.807) is 6.08 Å². The van der Waals surface area contributed by atoms with E-state index in [-0.39, 0.29) is 10.0 Å². The van der Waals surface area contributed by atoms with Crippen LogP contribution in [0.5, 0.6) is 0 Å². The maximum Gasteiger partial charge on any atom is 0.285 e. The summed E-state index contributed by atoms with van der Waals surface area (Å²) in [6, 6.07) is 5.76. The molecule has 1 saturated heterocycles. The van der Waals surface area contributed by atoms with E-state index in [2.05, 4.69) is 5.43 Å². The molecule has 1 aliphatic heterocycles. The first-order valence-electron chi connectivity index (χ1n) is 5.68. The van der Waals surface area contributed by atoms with Crippen LogP contribution in [0.25, 0.3) is 6.08 Å². The van der Waals surface area contributed by atoms with Gasteiger partial charge in [-0.05, 0) is 36.0 Å². The molecule has 2 amide bonds. The Balaban J connectivity index is 2.22. The summed E-state index contributed by atoms with van der Waals surface area (Å²) >= 11 is 6.06. The fourth-order valence-electron chi connectivity index (χ4n) is 1.57. The van der Waals surface area contributed by atoms with Crippen LogP contribution in [0.4, 0.5) is 5.69 Å². The summed E-state index contributed by atoms with van der Waals surface area (Å²) < 4.78 is 0.225. The molecule has 1 fully saturated rings. The van der Waals surface area contributed by atoms with Gasteiger partial charge in [0.05, 0.1) is 9.83 Å². The number of carbonyl (C=O) groups is 2. The lowest BCUT2D eigenvalue weighted by molar-refractivity contribution is -0.384. The van der Waals surface area contributed by atoms with Gasteiger partial charge in [-0.3, -0.25) is 25.1 Å². The Labute approximate surface area is 129 Å². The molecule has 1 N–H and O–H groups in total. The molecule has 0 bridgehead atoms. The molecule has 7 nitrogen and oxygen atoms in total. The number of amides is 2. The third-order valence-corrected chi connectivity index (χ3v) is 3.77. The number of carbonyl (C=O) groups excluding carboxylic acids is 2. The molecule has 2 rings (SSSR count). The minimum Gasteiger partial charge on any atom is -0.274 e. The standard InChI is InChI=1S/C12H9N3O4S2/c1-7(16)13-14-11(17)10(21-12(14)20)6-8-2-4-9(5-3-8)15(18)19/h2-6H,1H3,(H,13,16). The molecule has 1 aliphatic rings. The van der Waals surface area contributed by atoms with Crippen LogP contribution in [0, 0.1) is 10.1 Å². The van der Waals surface area contributed by atoms with Crippen molar-refractivity contribution in [1.29, 1.82) is 0 Å². The third-order valence-electron chi connectivity index (χ3n) is 2.46. The number of thiocarbonyl (C=S) groups is 1. The zero-order valence-corrected chi connectivity index (χ0v) is 12.4. The monoisotopic (exact) mass is 323 g/mol. The van der Waals surface area contributed by atoms with Gasteiger partial charge < -0.3 is 0 Å². The average Bonchev–Trinajstić information content (AvgIpc) is 2.67. The van der Waals surface area contributed by atoms with Crippen LogP contribution < -0.4 is 5.43 Å². The lowest BCUT2D eigenvalue weighted by Crippen LogP contribution is -2.43. The number of hydrogen-bond acceptors (Lipinski definition) is 6. The molecule has 108 valence electrons. The summed E-state index contributed by atoms with van der Waals surface area (Å²) in [7, 11) is 0. The van der Waals surface area contributed by atoms with Crippen molar-refractivity contribution in [1.82, 2.24) is 10.4 Å². The topological polar surface area (TPSA) is 92.6 Å².